The Morgan fingerprint density at radius 1 is 0.944 bits per heavy atom. The third-order valence-electron chi connectivity index (χ3n) is 6.58. The summed E-state index contributed by atoms with van der Waals surface area (Å²) in [5.74, 6) is 0.820. The second-order valence-electron chi connectivity index (χ2n) is 8.95. The van der Waals surface area contributed by atoms with Crippen LogP contribution in [0.3, 0.4) is 0 Å². The molecule has 0 bridgehead atoms. The summed E-state index contributed by atoms with van der Waals surface area (Å²) in [5.41, 5.74) is 12.1. The van der Waals surface area contributed by atoms with Gasteiger partial charge in [-0.2, -0.15) is 5.10 Å². The summed E-state index contributed by atoms with van der Waals surface area (Å²) in [6.07, 6.45) is 0.781. The van der Waals surface area contributed by atoms with Crippen LogP contribution in [-0.2, 0) is 22.6 Å². The van der Waals surface area contributed by atoms with E-state index in [0.717, 1.165) is 38.5 Å². The molecule has 1 saturated heterocycles. The van der Waals surface area contributed by atoms with Crippen molar-refractivity contribution in [3.63, 3.8) is 0 Å². The van der Waals surface area contributed by atoms with E-state index < -0.39 is 6.29 Å². The number of aromatic amines is 1. The van der Waals surface area contributed by atoms with Crippen LogP contribution < -0.4 is 5.73 Å². The lowest BCUT2D eigenvalue weighted by Crippen LogP contribution is -2.38. The molecule has 4 aromatic rings. The molecule has 1 aromatic heterocycles. The number of ether oxygens (including phenoxy) is 2. The zero-order valence-electron chi connectivity index (χ0n) is 20.1. The van der Waals surface area contributed by atoms with Gasteiger partial charge in [-0.25, -0.2) is 4.98 Å². The molecule has 5 rings (SSSR count). The van der Waals surface area contributed by atoms with Crippen LogP contribution in [0.4, 0.5) is 0 Å². The Kier molecular flexibility index (Phi) is 7.79. The van der Waals surface area contributed by atoms with Crippen molar-refractivity contribution < 1.29 is 14.6 Å². The molecule has 2 heterocycles. The number of nitrogens with two attached hydrogens (primary N) is 1. The molecule has 8 heteroatoms. The molecule has 0 amide bonds. The van der Waals surface area contributed by atoms with Crippen LogP contribution >= 0.6 is 11.8 Å². The zero-order valence-corrected chi connectivity index (χ0v) is 20.9. The number of rotatable bonds is 8. The average Bonchev–Trinajstić information content (AvgIpc) is 3.46. The summed E-state index contributed by atoms with van der Waals surface area (Å²) < 4.78 is 13.0. The number of thioether (sulfide) groups is 1. The van der Waals surface area contributed by atoms with Gasteiger partial charge in [-0.3, -0.25) is 5.10 Å². The molecule has 3 aromatic carbocycles. The monoisotopic (exact) mass is 502 g/mol. The Bertz CT molecular complexity index is 1250. The highest BCUT2D eigenvalue weighted by Crippen LogP contribution is 2.43. The second-order valence-corrected chi connectivity index (χ2v) is 9.96. The molecule has 1 aliphatic heterocycles. The fourth-order valence-electron chi connectivity index (χ4n) is 4.45. The lowest BCUT2D eigenvalue weighted by atomic mass is 9.91. The standard InChI is InChI=1S/C28H30N4O3S/c1-18-25(16-36-28-30-17-31-32-28)34-27(35-26(18)22-7-5-19(15-33)6-8-22)23-11-9-21(10-12-23)24-4-2-3-20(13-24)14-29/h2-13,17-18,25-27,33H,14-16,29H2,1H3,(H,30,31,32). The van der Waals surface area contributed by atoms with Gasteiger partial charge in [0, 0.05) is 23.8 Å². The lowest BCUT2D eigenvalue weighted by Gasteiger charge is -2.41. The molecule has 186 valence electrons. The molecule has 0 saturated carbocycles. The molecule has 36 heavy (non-hydrogen) atoms. The summed E-state index contributed by atoms with van der Waals surface area (Å²) in [6.45, 7) is 2.69. The van der Waals surface area contributed by atoms with Crippen molar-refractivity contribution in [1.29, 1.82) is 0 Å². The average molecular weight is 503 g/mol. The molecule has 4 N–H and O–H groups in total. The number of nitrogens with one attached hydrogen (secondary N) is 1. The van der Waals surface area contributed by atoms with Crippen molar-refractivity contribution in [3.8, 4) is 11.1 Å². The molecule has 4 unspecified atom stereocenters. The smallest absolute Gasteiger partial charge is 0.184 e. The van der Waals surface area contributed by atoms with Crippen LogP contribution in [0.2, 0.25) is 0 Å². The molecule has 0 radical (unpaired) electrons. The van der Waals surface area contributed by atoms with Gasteiger partial charge in [0.1, 0.15) is 6.33 Å². The van der Waals surface area contributed by atoms with Gasteiger partial charge in [-0.1, -0.05) is 85.4 Å². The van der Waals surface area contributed by atoms with Crippen LogP contribution in [0.5, 0.6) is 0 Å². The first-order valence-electron chi connectivity index (χ1n) is 12.0. The largest absolute Gasteiger partial charge is 0.392 e. The van der Waals surface area contributed by atoms with E-state index in [1.807, 2.05) is 36.4 Å². The minimum Gasteiger partial charge on any atom is -0.392 e. The highest BCUT2D eigenvalue weighted by atomic mass is 32.2. The lowest BCUT2D eigenvalue weighted by molar-refractivity contribution is -0.268. The number of aliphatic hydroxyl groups excluding tert-OH is 1. The molecule has 1 fully saturated rings. The van der Waals surface area contributed by atoms with Gasteiger partial charge in [0.2, 0.25) is 0 Å². The minimum absolute atomic E-state index is 0.0179. The summed E-state index contributed by atoms with van der Waals surface area (Å²) in [4.78, 5) is 4.23. The van der Waals surface area contributed by atoms with Gasteiger partial charge in [-0.15, -0.1) is 0 Å². The van der Waals surface area contributed by atoms with E-state index in [2.05, 4.69) is 58.5 Å². The quantitative estimate of drug-likeness (QED) is 0.291. The molecule has 0 spiro atoms. The van der Waals surface area contributed by atoms with E-state index >= 15 is 0 Å². The fourth-order valence-corrected chi connectivity index (χ4v) is 5.39. The summed E-state index contributed by atoms with van der Waals surface area (Å²) >= 11 is 1.59. The van der Waals surface area contributed by atoms with Crippen LogP contribution in [0, 0.1) is 5.92 Å². The summed E-state index contributed by atoms with van der Waals surface area (Å²) in [7, 11) is 0. The van der Waals surface area contributed by atoms with E-state index in [-0.39, 0.29) is 24.7 Å². The highest BCUT2D eigenvalue weighted by molar-refractivity contribution is 7.99. The van der Waals surface area contributed by atoms with Gasteiger partial charge >= 0.3 is 0 Å². The Hall–Kier alpha value is -3.01. The number of benzene rings is 3. The normalized spacial score (nSPS) is 22.0. The van der Waals surface area contributed by atoms with E-state index in [1.165, 1.54) is 6.33 Å². The summed E-state index contributed by atoms with van der Waals surface area (Å²) in [5, 5.41) is 17.1. The fraction of sp³-hybridized carbons (Fsp3) is 0.286. The summed E-state index contributed by atoms with van der Waals surface area (Å²) in [6, 6.07) is 24.5. The van der Waals surface area contributed by atoms with Crippen LogP contribution in [-0.4, -0.2) is 32.1 Å². The van der Waals surface area contributed by atoms with Gasteiger partial charge in [0.15, 0.2) is 11.4 Å². The first-order chi connectivity index (χ1) is 17.6. The highest BCUT2D eigenvalue weighted by Gasteiger charge is 2.38. The van der Waals surface area contributed by atoms with Crippen LogP contribution in [0.1, 0.15) is 41.6 Å². The van der Waals surface area contributed by atoms with E-state index in [0.29, 0.717) is 12.3 Å². The molecule has 7 nitrogen and oxygen atoms in total. The minimum atomic E-state index is -0.506. The maximum atomic E-state index is 9.44. The number of aromatic nitrogens is 3. The first-order valence-corrected chi connectivity index (χ1v) is 13.0. The van der Waals surface area contributed by atoms with Crippen LogP contribution in [0.25, 0.3) is 11.1 Å². The Balaban J connectivity index is 1.39. The predicted molar refractivity (Wildman–Crippen MR) is 140 cm³/mol. The van der Waals surface area contributed by atoms with Gasteiger partial charge < -0.3 is 20.3 Å². The van der Waals surface area contributed by atoms with Gasteiger partial charge in [-0.05, 0) is 33.9 Å². The number of H-pyrrole nitrogens is 1. The molecule has 0 aliphatic carbocycles. The number of nitrogens with zero attached hydrogens (tertiary/aromatic N) is 2. The van der Waals surface area contributed by atoms with Crippen molar-refractivity contribution in [1.82, 2.24) is 15.2 Å². The maximum absolute atomic E-state index is 9.44. The van der Waals surface area contributed by atoms with Crippen molar-refractivity contribution in [2.24, 2.45) is 11.7 Å². The van der Waals surface area contributed by atoms with E-state index in [9.17, 15) is 5.11 Å². The van der Waals surface area contributed by atoms with Crippen molar-refractivity contribution in [2.75, 3.05) is 5.75 Å². The van der Waals surface area contributed by atoms with Crippen molar-refractivity contribution in [2.45, 2.75) is 43.7 Å². The molecular weight excluding hydrogens is 472 g/mol. The Labute approximate surface area is 215 Å². The molecule has 4 atom stereocenters. The van der Waals surface area contributed by atoms with Crippen molar-refractivity contribution in [3.05, 3.63) is 101 Å². The Morgan fingerprint density at radius 3 is 2.42 bits per heavy atom. The van der Waals surface area contributed by atoms with Gasteiger partial charge in [0.25, 0.3) is 0 Å². The number of hydrogen-bond donors (Lipinski definition) is 3. The van der Waals surface area contributed by atoms with E-state index in [1.54, 1.807) is 11.8 Å². The SMILES string of the molecule is CC1C(CSc2ncn[nH]2)OC(c2ccc(-c3cccc(CN)c3)cc2)OC1c1ccc(CO)cc1. The van der Waals surface area contributed by atoms with Gasteiger partial charge in [0.05, 0.1) is 18.8 Å². The van der Waals surface area contributed by atoms with E-state index in [4.69, 9.17) is 15.2 Å². The van der Waals surface area contributed by atoms with Crippen LogP contribution in [0.15, 0.2) is 84.3 Å². The third-order valence-corrected chi connectivity index (χ3v) is 7.54. The third kappa shape index (κ3) is 5.53. The molecule has 1 aliphatic rings. The molecular formula is C28H30N4O3S. The van der Waals surface area contributed by atoms with Crippen molar-refractivity contribution >= 4 is 11.8 Å². The number of hydrogen-bond acceptors (Lipinski definition) is 7. The zero-order chi connectivity index (χ0) is 24.9. The first kappa shape index (κ1) is 24.7. The second kappa shape index (κ2) is 11.4. The predicted octanol–water partition coefficient (Wildman–Crippen LogP) is 5.01. The maximum Gasteiger partial charge on any atom is 0.184 e. The Morgan fingerprint density at radius 2 is 1.72 bits per heavy atom. The number of aliphatic hydroxyl groups is 1. The topological polar surface area (TPSA) is 106 Å².